The van der Waals surface area contributed by atoms with Crippen LogP contribution < -0.4 is 10.6 Å². The minimum atomic E-state index is -1.05. The normalized spacial score (nSPS) is 20.9. The quantitative estimate of drug-likeness (QED) is 0.811. The summed E-state index contributed by atoms with van der Waals surface area (Å²) in [5.74, 6) is -1.73. The molecule has 17 heavy (non-hydrogen) atoms. The molecule has 0 spiro atoms. The van der Waals surface area contributed by atoms with E-state index in [1.54, 1.807) is 6.07 Å². The number of carboxylic acid groups (broad SMARTS) is 1. The molecule has 1 aliphatic heterocycles. The molecule has 92 valence electrons. The van der Waals surface area contributed by atoms with Crippen LogP contribution in [0.15, 0.2) is 18.2 Å². The van der Waals surface area contributed by atoms with Crippen LogP contribution in [0.2, 0.25) is 0 Å². The second-order valence-corrected chi connectivity index (χ2v) is 4.38. The molecule has 1 aromatic rings. The van der Waals surface area contributed by atoms with Gasteiger partial charge < -0.3 is 15.7 Å². The van der Waals surface area contributed by atoms with Gasteiger partial charge in [0.2, 0.25) is 0 Å². The number of halogens is 1. The molecule has 0 aromatic heterocycles. The first-order chi connectivity index (χ1) is 8.00. The number of hydrogen-bond donors (Lipinski definition) is 2. The Morgan fingerprint density at radius 3 is 3.00 bits per heavy atom. The molecule has 1 aliphatic rings. The third-order valence-corrected chi connectivity index (χ3v) is 3.29. The number of hydrogen-bond acceptors (Lipinski definition) is 3. The van der Waals surface area contributed by atoms with Gasteiger partial charge in [0.25, 0.3) is 0 Å². The highest BCUT2D eigenvalue weighted by Crippen LogP contribution is 2.36. The van der Waals surface area contributed by atoms with Crippen molar-refractivity contribution in [2.75, 3.05) is 18.5 Å². The highest BCUT2D eigenvalue weighted by molar-refractivity contribution is 5.76. The minimum absolute atomic E-state index is 0.325. The SMILES string of the molecule is CN1CCC(C(N)C(=O)O)c2cc(F)ccc21. The van der Waals surface area contributed by atoms with Gasteiger partial charge in [0, 0.05) is 25.2 Å². The second kappa shape index (κ2) is 4.33. The molecule has 0 fully saturated rings. The van der Waals surface area contributed by atoms with E-state index in [1.165, 1.54) is 12.1 Å². The van der Waals surface area contributed by atoms with Gasteiger partial charge in [-0.2, -0.15) is 0 Å². The zero-order chi connectivity index (χ0) is 12.6. The fraction of sp³-hybridized carbons (Fsp3) is 0.417. The number of fused-ring (bicyclic) bond motifs is 1. The average Bonchev–Trinajstić information content (AvgIpc) is 2.28. The Balaban J connectivity index is 2.44. The molecular formula is C12H15FN2O2. The van der Waals surface area contributed by atoms with Crippen LogP contribution in [-0.4, -0.2) is 30.7 Å². The minimum Gasteiger partial charge on any atom is -0.480 e. The molecule has 1 aromatic carbocycles. The number of carbonyl (C=O) groups is 1. The van der Waals surface area contributed by atoms with Crippen LogP contribution in [0.25, 0.3) is 0 Å². The Morgan fingerprint density at radius 1 is 1.65 bits per heavy atom. The van der Waals surface area contributed by atoms with E-state index < -0.39 is 12.0 Å². The number of carboxylic acids is 1. The van der Waals surface area contributed by atoms with Gasteiger partial charge in [-0.1, -0.05) is 0 Å². The zero-order valence-corrected chi connectivity index (χ0v) is 9.56. The van der Waals surface area contributed by atoms with Gasteiger partial charge in [-0.05, 0) is 30.2 Å². The van der Waals surface area contributed by atoms with Gasteiger partial charge in [0.1, 0.15) is 11.9 Å². The third kappa shape index (κ3) is 2.10. The topological polar surface area (TPSA) is 66.6 Å². The largest absolute Gasteiger partial charge is 0.480 e. The molecule has 2 atom stereocenters. The standard InChI is InChI=1S/C12H15FN2O2/c1-15-5-4-8(11(14)12(16)17)9-6-7(13)2-3-10(9)15/h2-3,6,8,11H,4-5,14H2,1H3,(H,16,17). The second-order valence-electron chi connectivity index (χ2n) is 4.38. The summed E-state index contributed by atoms with van der Waals surface area (Å²) < 4.78 is 13.3. The fourth-order valence-electron chi connectivity index (χ4n) is 2.32. The number of aliphatic carboxylic acids is 1. The van der Waals surface area contributed by atoms with Crippen LogP contribution in [0.3, 0.4) is 0 Å². The summed E-state index contributed by atoms with van der Waals surface area (Å²) in [6.07, 6.45) is 0.625. The number of nitrogens with two attached hydrogens (primary N) is 1. The molecule has 0 amide bonds. The smallest absolute Gasteiger partial charge is 0.321 e. The number of anilines is 1. The maximum Gasteiger partial charge on any atom is 0.321 e. The molecule has 3 N–H and O–H groups in total. The number of benzene rings is 1. The summed E-state index contributed by atoms with van der Waals surface area (Å²) in [4.78, 5) is 12.9. The average molecular weight is 238 g/mol. The third-order valence-electron chi connectivity index (χ3n) is 3.29. The van der Waals surface area contributed by atoms with E-state index >= 15 is 0 Å². The van der Waals surface area contributed by atoms with Crippen molar-refractivity contribution in [2.45, 2.75) is 18.4 Å². The van der Waals surface area contributed by atoms with Crippen LogP contribution in [0.4, 0.5) is 10.1 Å². The van der Waals surface area contributed by atoms with Gasteiger partial charge in [0.05, 0.1) is 0 Å². The van der Waals surface area contributed by atoms with Crippen molar-refractivity contribution in [3.05, 3.63) is 29.6 Å². The highest BCUT2D eigenvalue weighted by Gasteiger charge is 2.31. The first kappa shape index (κ1) is 11.9. The van der Waals surface area contributed by atoms with Crippen molar-refractivity contribution in [1.82, 2.24) is 0 Å². The summed E-state index contributed by atoms with van der Waals surface area (Å²) in [7, 11) is 1.90. The van der Waals surface area contributed by atoms with E-state index in [1.807, 2.05) is 11.9 Å². The summed E-state index contributed by atoms with van der Waals surface area (Å²) in [5, 5.41) is 8.96. The van der Waals surface area contributed by atoms with Crippen molar-refractivity contribution >= 4 is 11.7 Å². The Morgan fingerprint density at radius 2 is 2.35 bits per heavy atom. The summed E-state index contributed by atoms with van der Waals surface area (Å²) in [5.41, 5.74) is 7.21. The van der Waals surface area contributed by atoms with E-state index in [0.717, 1.165) is 12.2 Å². The summed E-state index contributed by atoms with van der Waals surface area (Å²) in [6, 6.07) is 3.46. The van der Waals surface area contributed by atoms with Crippen molar-refractivity contribution in [3.8, 4) is 0 Å². The van der Waals surface area contributed by atoms with Crippen LogP contribution in [0.5, 0.6) is 0 Å². The molecule has 4 nitrogen and oxygen atoms in total. The molecule has 1 heterocycles. The van der Waals surface area contributed by atoms with Gasteiger partial charge >= 0.3 is 5.97 Å². The maximum atomic E-state index is 13.3. The molecule has 0 bridgehead atoms. The monoisotopic (exact) mass is 238 g/mol. The molecule has 2 unspecified atom stereocenters. The first-order valence-electron chi connectivity index (χ1n) is 5.49. The van der Waals surface area contributed by atoms with Crippen molar-refractivity contribution in [3.63, 3.8) is 0 Å². The van der Waals surface area contributed by atoms with E-state index in [4.69, 9.17) is 10.8 Å². The highest BCUT2D eigenvalue weighted by atomic mass is 19.1. The fourth-order valence-corrected chi connectivity index (χ4v) is 2.32. The van der Waals surface area contributed by atoms with E-state index in [0.29, 0.717) is 12.0 Å². The van der Waals surface area contributed by atoms with Crippen molar-refractivity contribution in [1.29, 1.82) is 0 Å². The van der Waals surface area contributed by atoms with Gasteiger partial charge in [-0.25, -0.2) is 4.39 Å². The van der Waals surface area contributed by atoms with Crippen molar-refractivity contribution < 1.29 is 14.3 Å². The van der Waals surface area contributed by atoms with Crippen LogP contribution in [-0.2, 0) is 4.79 Å². The van der Waals surface area contributed by atoms with Crippen LogP contribution in [0.1, 0.15) is 17.9 Å². The van der Waals surface area contributed by atoms with Gasteiger partial charge in [0.15, 0.2) is 0 Å². The number of nitrogens with zero attached hydrogens (tertiary/aromatic N) is 1. The van der Waals surface area contributed by atoms with E-state index in [-0.39, 0.29) is 11.7 Å². The molecule has 0 saturated heterocycles. The molecule has 0 radical (unpaired) electrons. The summed E-state index contributed by atoms with van der Waals surface area (Å²) in [6.45, 7) is 0.726. The Hall–Kier alpha value is -1.62. The van der Waals surface area contributed by atoms with E-state index in [9.17, 15) is 9.18 Å². The predicted molar refractivity (Wildman–Crippen MR) is 62.6 cm³/mol. The maximum absolute atomic E-state index is 13.3. The lowest BCUT2D eigenvalue weighted by molar-refractivity contribution is -0.139. The molecular weight excluding hydrogens is 223 g/mol. The molecule has 0 aliphatic carbocycles. The Bertz CT molecular complexity index is 450. The van der Waals surface area contributed by atoms with Crippen LogP contribution in [0, 0.1) is 5.82 Å². The summed E-state index contributed by atoms with van der Waals surface area (Å²) >= 11 is 0. The molecule has 2 rings (SSSR count). The lowest BCUT2D eigenvalue weighted by Gasteiger charge is -2.34. The van der Waals surface area contributed by atoms with Gasteiger partial charge in [-0.15, -0.1) is 0 Å². The molecule has 5 heteroatoms. The lowest BCUT2D eigenvalue weighted by atomic mass is 9.84. The molecule has 0 saturated carbocycles. The lowest BCUT2D eigenvalue weighted by Crippen LogP contribution is -2.41. The Kier molecular flexibility index (Phi) is 3.02. The zero-order valence-electron chi connectivity index (χ0n) is 9.56. The number of rotatable bonds is 2. The predicted octanol–water partition coefficient (Wildman–Crippen LogP) is 1.16. The van der Waals surface area contributed by atoms with E-state index in [2.05, 4.69) is 0 Å². The van der Waals surface area contributed by atoms with Crippen LogP contribution >= 0.6 is 0 Å². The first-order valence-corrected chi connectivity index (χ1v) is 5.49. The Labute approximate surface area is 98.8 Å². The van der Waals surface area contributed by atoms with Crippen molar-refractivity contribution in [2.24, 2.45) is 5.73 Å². The van der Waals surface area contributed by atoms with Gasteiger partial charge in [-0.3, -0.25) is 4.79 Å².